The smallest absolute Gasteiger partial charge is 0.354 e. The zero-order valence-electron chi connectivity index (χ0n) is 10.2. The first-order valence-electron chi connectivity index (χ1n) is 5.92. The Labute approximate surface area is 101 Å². The third-order valence-corrected chi connectivity index (χ3v) is 3.32. The van der Waals surface area contributed by atoms with E-state index in [1.165, 1.54) is 12.5 Å². The van der Waals surface area contributed by atoms with Gasteiger partial charge in [-0.15, -0.1) is 0 Å². The van der Waals surface area contributed by atoms with Crippen LogP contribution in [0.1, 0.15) is 43.6 Å². The maximum atomic E-state index is 10.7. The van der Waals surface area contributed by atoms with Crippen LogP contribution in [0.25, 0.3) is 0 Å². The zero-order chi connectivity index (χ0) is 12.5. The average Bonchev–Trinajstić information content (AvgIpc) is 2.59. The van der Waals surface area contributed by atoms with Crippen LogP contribution in [0, 0.1) is 5.41 Å². The highest BCUT2D eigenvalue weighted by atomic mass is 16.4. The molecule has 0 spiro atoms. The van der Waals surface area contributed by atoms with Crippen LogP contribution in [0.3, 0.4) is 0 Å². The summed E-state index contributed by atoms with van der Waals surface area (Å²) < 4.78 is 0. The van der Waals surface area contributed by atoms with E-state index in [1.54, 1.807) is 12.3 Å². The van der Waals surface area contributed by atoms with Crippen molar-refractivity contribution >= 4 is 11.7 Å². The van der Waals surface area contributed by atoms with Gasteiger partial charge in [0.1, 0.15) is 5.69 Å². The van der Waals surface area contributed by atoms with Crippen LogP contribution in [-0.2, 0) is 0 Å². The predicted octanol–water partition coefficient (Wildman–Crippen LogP) is 2.77. The SMILES string of the molecule is CC1(C)CCC(Nc2ccc(C(=O)O)nc2)C1. The lowest BCUT2D eigenvalue weighted by Crippen LogP contribution is -2.17. The molecular formula is C13H18N2O2. The van der Waals surface area contributed by atoms with E-state index in [0.29, 0.717) is 11.5 Å². The quantitative estimate of drug-likeness (QED) is 0.844. The Kier molecular flexibility index (Phi) is 3.05. The van der Waals surface area contributed by atoms with Crippen molar-refractivity contribution in [3.8, 4) is 0 Å². The molecular weight excluding hydrogens is 216 g/mol. The van der Waals surface area contributed by atoms with E-state index in [1.807, 2.05) is 0 Å². The number of carboxylic acids is 1. The number of aromatic carboxylic acids is 1. The summed E-state index contributed by atoms with van der Waals surface area (Å²) in [5.41, 5.74) is 1.39. The number of nitrogens with one attached hydrogen (secondary N) is 1. The Hall–Kier alpha value is -1.58. The van der Waals surface area contributed by atoms with E-state index >= 15 is 0 Å². The number of hydrogen-bond donors (Lipinski definition) is 2. The van der Waals surface area contributed by atoms with Crippen molar-refractivity contribution in [2.75, 3.05) is 5.32 Å². The minimum absolute atomic E-state index is 0.0855. The Morgan fingerprint density at radius 2 is 2.29 bits per heavy atom. The van der Waals surface area contributed by atoms with Gasteiger partial charge >= 0.3 is 5.97 Å². The van der Waals surface area contributed by atoms with Gasteiger partial charge in [-0.1, -0.05) is 13.8 Å². The Balaban J connectivity index is 1.98. The zero-order valence-corrected chi connectivity index (χ0v) is 10.2. The second-order valence-corrected chi connectivity index (χ2v) is 5.49. The molecule has 4 heteroatoms. The van der Waals surface area contributed by atoms with Crippen LogP contribution in [0.15, 0.2) is 18.3 Å². The maximum absolute atomic E-state index is 10.7. The summed E-state index contributed by atoms with van der Waals surface area (Å²) in [6, 6.07) is 3.79. The molecule has 2 N–H and O–H groups in total. The van der Waals surface area contributed by atoms with E-state index in [0.717, 1.165) is 18.5 Å². The summed E-state index contributed by atoms with van der Waals surface area (Å²) >= 11 is 0. The number of hydrogen-bond acceptors (Lipinski definition) is 3. The third-order valence-electron chi connectivity index (χ3n) is 3.32. The van der Waals surface area contributed by atoms with Gasteiger partial charge in [0.15, 0.2) is 0 Å². The number of carbonyl (C=O) groups is 1. The summed E-state index contributed by atoms with van der Waals surface area (Å²) in [4.78, 5) is 14.6. The fourth-order valence-corrected chi connectivity index (χ4v) is 2.40. The predicted molar refractivity (Wildman–Crippen MR) is 66.2 cm³/mol. The number of pyridine rings is 1. The highest BCUT2D eigenvalue weighted by Crippen LogP contribution is 2.38. The van der Waals surface area contributed by atoms with Gasteiger partial charge in [-0.25, -0.2) is 9.78 Å². The van der Waals surface area contributed by atoms with Crippen molar-refractivity contribution < 1.29 is 9.90 Å². The Morgan fingerprint density at radius 3 is 2.76 bits per heavy atom. The van der Waals surface area contributed by atoms with E-state index in [2.05, 4.69) is 24.1 Å². The molecule has 92 valence electrons. The molecule has 0 aromatic carbocycles. The van der Waals surface area contributed by atoms with E-state index < -0.39 is 5.97 Å². The van der Waals surface area contributed by atoms with E-state index in [9.17, 15) is 4.79 Å². The maximum Gasteiger partial charge on any atom is 0.354 e. The van der Waals surface area contributed by atoms with Crippen LogP contribution < -0.4 is 5.32 Å². The molecule has 2 rings (SSSR count). The third kappa shape index (κ3) is 2.96. The lowest BCUT2D eigenvalue weighted by atomic mass is 9.92. The van der Waals surface area contributed by atoms with Gasteiger partial charge in [0.05, 0.1) is 11.9 Å². The molecule has 1 atom stereocenters. The summed E-state index contributed by atoms with van der Waals surface area (Å²) in [7, 11) is 0. The molecule has 1 saturated carbocycles. The van der Waals surface area contributed by atoms with Gasteiger partial charge in [-0.3, -0.25) is 0 Å². The first-order chi connectivity index (χ1) is 7.96. The summed E-state index contributed by atoms with van der Waals surface area (Å²) in [5, 5.41) is 12.2. The van der Waals surface area contributed by atoms with Gasteiger partial charge in [0.2, 0.25) is 0 Å². The topological polar surface area (TPSA) is 62.2 Å². The molecule has 0 saturated heterocycles. The molecule has 17 heavy (non-hydrogen) atoms. The van der Waals surface area contributed by atoms with Crippen molar-refractivity contribution in [3.63, 3.8) is 0 Å². The highest BCUT2D eigenvalue weighted by molar-refractivity contribution is 5.85. The number of nitrogens with zero attached hydrogens (tertiary/aromatic N) is 1. The molecule has 4 nitrogen and oxygen atoms in total. The van der Waals surface area contributed by atoms with Gasteiger partial charge in [-0.05, 0) is 36.8 Å². The summed E-state index contributed by atoms with van der Waals surface area (Å²) in [5.74, 6) is -0.987. The number of carboxylic acid groups (broad SMARTS) is 1. The minimum Gasteiger partial charge on any atom is -0.477 e. The molecule has 1 aromatic heterocycles. The fourth-order valence-electron chi connectivity index (χ4n) is 2.40. The van der Waals surface area contributed by atoms with Crippen LogP contribution in [0.4, 0.5) is 5.69 Å². The molecule has 1 aliphatic rings. The molecule has 0 radical (unpaired) electrons. The standard InChI is InChI=1S/C13H18N2O2/c1-13(2)6-5-9(7-13)15-10-3-4-11(12(16)17)14-8-10/h3-4,8-9,15H,5-7H2,1-2H3,(H,16,17). The molecule has 1 aromatic rings. The average molecular weight is 234 g/mol. The van der Waals surface area contributed by atoms with Crippen molar-refractivity contribution in [3.05, 3.63) is 24.0 Å². The van der Waals surface area contributed by atoms with Crippen molar-refractivity contribution in [2.45, 2.75) is 39.2 Å². The summed E-state index contributed by atoms with van der Waals surface area (Å²) in [6.07, 6.45) is 5.13. The normalized spacial score (nSPS) is 22.4. The second kappa shape index (κ2) is 4.35. The Bertz CT molecular complexity index is 412. The van der Waals surface area contributed by atoms with Crippen LogP contribution >= 0.6 is 0 Å². The van der Waals surface area contributed by atoms with Crippen LogP contribution in [-0.4, -0.2) is 22.1 Å². The molecule has 0 amide bonds. The first-order valence-corrected chi connectivity index (χ1v) is 5.92. The monoisotopic (exact) mass is 234 g/mol. The van der Waals surface area contributed by atoms with E-state index in [4.69, 9.17) is 5.11 Å². The van der Waals surface area contributed by atoms with Crippen molar-refractivity contribution in [1.82, 2.24) is 4.98 Å². The lowest BCUT2D eigenvalue weighted by molar-refractivity contribution is 0.0690. The molecule has 1 heterocycles. The minimum atomic E-state index is -0.987. The van der Waals surface area contributed by atoms with Crippen molar-refractivity contribution in [1.29, 1.82) is 0 Å². The van der Waals surface area contributed by atoms with Crippen molar-refractivity contribution in [2.24, 2.45) is 5.41 Å². The molecule has 0 aliphatic heterocycles. The second-order valence-electron chi connectivity index (χ2n) is 5.49. The Morgan fingerprint density at radius 1 is 1.53 bits per heavy atom. The molecule has 1 aliphatic carbocycles. The number of anilines is 1. The molecule has 1 fully saturated rings. The van der Waals surface area contributed by atoms with Crippen LogP contribution in [0.5, 0.6) is 0 Å². The van der Waals surface area contributed by atoms with Crippen LogP contribution in [0.2, 0.25) is 0 Å². The molecule has 1 unspecified atom stereocenters. The lowest BCUT2D eigenvalue weighted by Gasteiger charge is -2.18. The number of rotatable bonds is 3. The van der Waals surface area contributed by atoms with Gasteiger partial charge in [-0.2, -0.15) is 0 Å². The number of aromatic nitrogens is 1. The highest BCUT2D eigenvalue weighted by Gasteiger charge is 2.30. The molecule has 0 bridgehead atoms. The van der Waals surface area contributed by atoms with E-state index in [-0.39, 0.29) is 5.69 Å². The van der Waals surface area contributed by atoms with Gasteiger partial charge < -0.3 is 10.4 Å². The van der Waals surface area contributed by atoms with Gasteiger partial charge in [0, 0.05) is 6.04 Å². The summed E-state index contributed by atoms with van der Waals surface area (Å²) in [6.45, 7) is 4.56. The first kappa shape index (κ1) is 11.9. The largest absolute Gasteiger partial charge is 0.477 e. The van der Waals surface area contributed by atoms with Gasteiger partial charge in [0.25, 0.3) is 0 Å². The fraction of sp³-hybridized carbons (Fsp3) is 0.538.